The summed E-state index contributed by atoms with van der Waals surface area (Å²) in [6.45, 7) is 9.21. The fraction of sp³-hybridized carbons (Fsp3) is 0.400. The van der Waals surface area contributed by atoms with Gasteiger partial charge < -0.3 is 17.3 Å². The van der Waals surface area contributed by atoms with Crippen LogP contribution in [0.4, 0.5) is 17.3 Å². The zero-order valence-electron chi connectivity index (χ0n) is 12.6. The van der Waals surface area contributed by atoms with Crippen LogP contribution in [0, 0.1) is 0 Å². The Balaban J connectivity index is 0.000000383. The normalized spacial score (nSPS) is 12.0. The van der Waals surface area contributed by atoms with Crippen LogP contribution in [-0.2, 0) is 11.8 Å². The van der Waals surface area contributed by atoms with Crippen molar-refractivity contribution in [2.45, 2.75) is 39.5 Å². The Bertz CT molecular complexity index is 597. The number of halogens is 4. The molecule has 21 heavy (non-hydrogen) atoms. The van der Waals surface area contributed by atoms with E-state index in [0.717, 1.165) is 6.42 Å². The van der Waals surface area contributed by atoms with Crippen LogP contribution in [0.15, 0.2) is 30.3 Å². The Morgan fingerprint density at radius 1 is 1.05 bits per heavy atom. The molecule has 2 rings (SSSR count). The first-order chi connectivity index (χ1) is 9.52. The number of fused-ring (bicyclic) bond motifs is 1. The minimum absolute atomic E-state index is 0.313. The first kappa shape index (κ1) is 18.2. The van der Waals surface area contributed by atoms with Crippen molar-refractivity contribution in [3.63, 3.8) is 0 Å². The molecule has 0 fully saturated rings. The molecule has 6 heteroatoms. The molecule has 0 aliphatic heterocycles. The molecule has 0 nitrogen and oxygen atoms in total. The third-order valence-electron chi connectivity index (χ3n) is 2.88. The average Bonchev–Trinajstić information content (AvgIpc) is 2.34. The van der Waals surface area contributed by atoms with Gasteiger partial charge in [-0.3, -0.25) is 0 Å². The zero-order valence-corrected chi connectivity index (χ0v) is 14.3. The smallest absolute Gasteiger partial charge is 0.418 e. The first-order valence-corrected chi connectivity index (χ1v) is 8.46. The molecule has 0 amide bonds. The van der Waals surface area contributed by atoms with E-state index in [9.17, 15) is 17.3 Å². The Labute approximate surface area is 129 Å². The standard InChI is InChI=1S/C15H19Se.BF4/c1-5-11-10-14(15(2,3)4)16-13-9-7-6-8-12(11)13;2-1(3,4)5/h6-10H,5H2,1-4H3;/q+1;-1. The van der Waals surface area contributed by atoms with E-state index in [1.807, 2.05) is 0 Å². The van der Waals surface area contributed by atoms with Crippen molar-refractivity contribution in [3.05, 3.63) is 40.3 Å². The van der Waals surface area contributed by atoms with Crippen molar-refractivity contribution in [2.24, 2.45) is 0 Å². The summed E-state index contributed by atoms with van der Waals surface area (Å²) in [6.07, 6.45) is 1.13. The maximum Gasteiger partial charge on any atom is 0.673 e. The average molecular weight is 365 g/mol. The van der Waals surface area contributed by atoms with Crippen molar-refractivity contribution in [1.82, 2.24) is 0 Å². The van der Waals surface area contributed by atoms with Crippen LogP contribution in [0.5, 0.6) is 0 Å². The molecule has 1 aromatic heterocycles. The fourth-order valence-corrected chi connectivity index (χ4v) is 4.38. The van der Waals surface area contributed by atoms with E-state index >= 15 is 0 Å². The van der Waals surface area contributed by atoms with Crippen LogP contribution in [0.25, 0.3) is 9.65 Å². The van der Waals surface area contributed by atoms with Crippen molar-refractivity contribution < 1.29 is 17.3 Å². The number of benzene rings is 1. The van der Waals surface area contributed by atoms with E-state index in [0.29, 0.717) is 19.9 Å². The zero-order chi connectivity index (χ0) is 16.3. The molecule has 0 saturated carbocycles. The van der Waals surface area contributed by atoms with Gasteiger partial charge in [-0.05, 0) is 0 Å². The second-order valence-electron chi connectivity index (χ2n) is 5.73. The Kier molecular flexibility index (Phi) is 6.00. The topological polar surface area (TPSA) is 0 Å². The summed E-state index contributed by atoms with van der Waals surface area (Å²) < 4.78 is 42.2. The predicted molar refractivity (Wildman–Crippen MR) is 83.6 cm³/mol. The Morgan fingerprint density at radius 3 is 2.05 bits per heavy atom. The van der Waals surface area contributed by atoms with E-state index in [-0.39, 0.29) is 0 Å². The van der Waals surface area contributed by atoms with Crippen LogP contribution in [0.1, 0.15) is 37.7 Å². The molecular weight excluding hydrogens is 346 g/mol. The predicted octanol–water partition coefficient (Wildman–Crippen LogP) is 5.34. The van der Waals surface area contributed by atoms with E-state index < -0.39 is 7.25 Å². The molecule has 0 spiro atoms. The molecule has 2 aromatic rings. The van der Waals surface area contributed by atoms with E-state index in [4.69, 9.17) is 0 Å². The molecule has 0 bridgehead atoms. The van der Waals surface area contributed by atoms with Crippen molar-refractivity contribution in [3.8, 4) is 0 Å². The largest absolute Gasteiger partial charge is 0.673 e. The molecule has 0 radical (unpaired) electrons. The van der Waals surface area contributed by atoms with E-state index in [1.165, 1.54) is 10.9 Å². The molecule has 1 heterocycles. The number of hydrogen-bond acceptors (Lipinski definition) is 0. The van der Waals surface area contributed by atoms with Crippen molar-refractivity contribution in [2.75, 3.05) is 0 Å². The molecule has 0 saturated heterocycles. The van der Waals surface area contributed by atoms with Crippen LogP contribution >= 0.6 is 0 Å². The van der Waals surface area contributed by atoms with Gasteiger partial charge in [-0.15, -0.1) is 0 Å². The summed E-state index contributed by atoms with van der Waals surface area (Å²) >= 11 is 0.507. The minimum atomic E-state index is -6.00. The summed E-state index contributed by atoms with van der Waals surface area (Å²) in [5.74, 6) is 0. The summed E-state index contributed by atoms with van der Waals surface area (Å²) in [6, 6.07) is 11.3. The molecule has 0 aliphatic rings. The van der Waals surface area contributed by atoms with Crippen LogP contribution in [0.2, 0.25) is 0 Å². The molecular formula is C15H19BF4Se. The molecule has 0 N–H and O–H groups in total. The number of hydrogen-bond donors (Lipinski definition) is 0. The van der Waals surface area contributed by atoms with Crippen LogP contribution in [0.3, 0.4) is 0 Å². The van der Waals surface area contributed by atoms with Gasteiger partial charge in [-0.2, -0.15) is 0 Å². The maximum absolute atomic E-state index is 9.75. The summed E-state index contributed by atoms with van der Waals surface area (Å²) in [7, 11) is -6.00. The summed E-state index contributed by atoms with van der Waals surface area (Å²) in [5, 5.41) is 1.48. The van der Waals surface area contributed by atoms with Gasteiger partial charge >= 0.3 is 111 Å². The molecule has 0 atom stereocenters. The fourth-order valence-electron chi connectivity index (χ4n) is 1.87. The molecule has 116 valence electrons. The molecule has 0 aliphatic carbocycles. The van der Waals surface area contributed by atoms with Crippen molar-refractivity contribution >= 4 is 31.4 Å². The summed E-state index contributed by atoms with van der Waals surface area (Å²) in [5.41, 5.74) is 1.82. The Hall–Kier alpha value is -0.866. The van der Waals surface area contributed by atoms with Crippen molar-refractivity contribution in [1.29, 1.82) is 0 Å². The number of rotatable bonds is 1. The van der Waals surface area contributed by atoms with Crippen LogP contribution in [-0.4, -0.2) is 21.8 Å². The van der Waals surface area contributed by atoms with Gasteiger partial charge in [0.15, 0.2) is 0 Å². The maximum atomic E-state index is 9.75. The van der Waals surface area contributed by atoms with Gasteiger partial charge in [0.25, 0.3) is 0 Å². The minimum Gasteiger partial charge on any atom is -0.418 e. The van der Waals surface area contributed by atoms with E-state index in [2.05, 4.69) is 58.0 Å². The van der Waals surface area contributed by atoms with Crippen LogP contribution < -0.4 is 0 Å². The Morgan fingerprint density at radius 2 is 1.57 bits per heavy atom. The van der Waals surface area contributed by atoms with Gasteiger partial charge in [-0.1, -0.05) is 0 Å². The van der Waals surface area contributed by atoms with Gasteiger partial charge in [0.1, 0.15) is 0 Å². The SMILES string of the molecule is CCc1cc(C(C)(C)C)[se+]c2ccccc12.F[B-](F)(F)F. The van der Waals surface area contributed by atoms with Gasteiger partial charge in [0, 0.05) is 0 Å². The third kappa shape index (κ3) is 6.19. The molecule has 0 unspecified atom stereocenters. The monoisotopic (exact) mass is 366 g/mol. The quantitative estimate of drug-likeness (QED) is 0.473. The van der Waals surface area contributed by atoms with E-state index in [1.54, 1.807) is 8.70 Å². The summed E-state index contributed by atoms with van der Waals surface area (Å²) in [4.78, 5) is 0. The number of aryl methyl sites for hydroxylation is 1. The van der Waals surface area contributed by atoms with Gasteiger partial charge in [0.2, 0.25) is 0 Å². The second-order valence-corrected chi connectivity index (χ2v) is 8.00. The van der Waals surface area contributed by atoms with Gasteiger partial charge in [-0.25, -0.2) is 0 Å². The second kappa shape index (κ2) is 6.93. The third-order valence-corrected chi connectivity index (χ3v) is 6.08. The van der Waals surface area contributed by atoms with Gasteiger partial charge in [0.05, 0.1) is 0 Å². The molecule has 1 aromatic carbocycles. The first-order valence-electron chi connectivity index (χ1n) is 6.75.